The van der Waals surface area contributed by atoms with Crippen molar-refractivity contribution in [3.63, 3.8) is 0 Å². The van der Waals surface area contributed by atoms with Gasteiger partial charge in [-0.1, -0.05) is 11.6 Å². The van der Waals surface area contributed by atoms with E-state index in [1.165, 1.54) is 0 Å². The molecule has 4 nitrogen and oxygen atoms in total. The van der Waals surface area contributed by atoms with Crippen LogP contribution >= 0.6 is 11.6 Å². The van der Waals surface area contributed by atoms with E-state index in [0.29, 0.717) is 16.4 Å². The molecule has 0 saturated heterocycles. The maximum Gasteiger partial charge on any atom is 0.0806 e. The average molecular weight is 231 g/mol. The minimum absolute atomic E-state index is 0.190. The van der Waals surface area contributed by atoms with Crippen molar-refractivity contribution < 1.29 is 10.2 Å². The molecule has 0 heterocycles. The normalized spacial score (nSPS) is 11.5. The molecule has 0 amide bonds. The van der Waals surface area contributed by atoms with E-state index in [-0.39, 0.29) is 13.2 Å². The van der Waals surface area contributed by atoms with Crippen molar-refractivity contribution in [3.8, 4) is 0 Å². The van der Waals surface area contributed by atoms with Gasteiger partial charge in [0.1, 0.15) is 0 Å². The summed E-state index contributed by atoms with van der Waals surface area (Å²) in [4.78, 5) is 0. The maximum atomic E-state index is 9.10. The Balaban J connectivity index is 2.89. The second-order valence-electron chi connectivity index (χ2n) is 3.74. The summed E-state index contributed by atoms with van der Waals surface area (Å²) in [5, 5.41) is 21.6. The lowest BCUT2D eigenvalue weighted by Gasteiger charge is -2.28. The Labute approximate surface area is 93.7 Å². The van der Waals surface area contributed by atoms with Crippen LogP contribution in [0.2, 0.25) is 5.02 Å². The Bertz CT molecular complexity index is 340. The van der Waals surface area contributed by atoms with Crippen molar-refractivity contribution in [2.45, 2.75) is 12.5 Å². The molecule has 0 bridgehead atoms. The number of benzene rings is 1. The lowest BCUT2D eigenvalue weighted by atomic mass is 10.0. The molecule has 1 rings (SSSR count). The third kappa shape index (κ3) is 2.99. The van der Waals surface area contributed by atoms with Gasteiger partial charge in [0.15, 0.2) is 0 Å². The molecule has 0 radical (unpaired) electrons. The quantitative estimate of drug-likeness (QED) is 0.584. The fourth-order valence-corrected chi connectivity index (χ4v) is 1.32. The monoisotopic (exact) mass is 230 g/mol. The number of hydrogen-bond acceptors (Lipinski definition) is 4. The van der Waals surface area contributed by atoms with Crippen LogP contribution in [0.4, 0.5) is 11.4 Å². The fraction of sp³-hybridized carbons (Fsp3) is 0.400. The second kappa shape index (κ2) is 4.70. The number of hydrogen-bond donors (Lipinski definition) is 4. The van der Waals surface area contributed by atoms with Crippen molar-refractivity contribution in [1.82, 2.24) is 0 Å². The summed E-state index contributed by atoms with van der Waals surface area (Å²) in [6.45, 7) is 1.31. The molecule has 0 unspecified atom stereocenters. The molecule has 0 atom stereocenters. The van der Waals surface area contributed by atoms with Crippen molar-refractivity contribution in [1.29, 1.82) is 0 Å². The minimum Gasteiger partial charge on any atom is -0.399 e. The summed E-state index contributed by atoms with van der Waals surface area (Å²) in [6, 6.07) is 5.02. The summed E-state index contributed by atoms with van der Waals surface area (Å²) in [5.41, 5.74) is 5.96. The summed E-state index contributed by atoms with van der Waals surface area (Å²) in [6.07, 6.45) is 0. The topological polar surface area (TPSA) is 78.5 Å². The standard InChI is InChI=1S/C10H15ClN2O2/c1-10(5-14,6-15)13-9-3-2-7(12)4-8(9)11/h2-4,13-15H,5-6,12H2,1H3. The minimum atomic E-state index is -0.792. The van der Waals surface area contributed by atoms with Crippen LogP contribution in [0.5, 0.6) is 0 Å². The van der Waals surface area contributed by atoms with Gasteiger partial charge < -0.3 is 21.3 Å². The van der Waals surface area contributed by atoms with Crippen LogP contribution in [0, 0.1) is 0 Å². The molecule has 15 heavy (non-hydrogen) atoms. The van der Waals surface area contributed by atoms with Crippen LogP contribution in [0.15, 0.2) is 18.2 Å². The Morgan fingerprint density at radius 3 is 2.47 bits per heavy atom. The van der Waals surface area contributed by atoms with Gasteiger partial charge in [-0.25, -0.2) is 0 Å². The Kier molecular flexibility index (Phi) is 3.79. The van der Waals surface area contributed by atoms with Crippen LogP contribution in [-0.4, -0.2) is 29.0 Å². The van der Waals surface area contributed by atoms with Gasteiger partial charge in [-0.15, -0.1) is 0 Å². The summed E-state index contributed by atoms with van der Waals surface area (Å²) >= 11 is 5.94. The molecule has 5 heteroatoms. The van der Waals surface area contributed by atoms with E-state index in [1.807, 2.05) is 0 Å². The Morgan fingerprint density at radius 2 is 2.00 bits per heavy atom. The number of anilines is 2. The van der Waals surface area contributed by atoms with E-state index in [2.05, 4.69) is 5.32 Å². The zero-order chi connectivity index (χ0) is 11.5. The van der Waals surface area contributed by atoms with Gasteiger partial charge >= 0.3 is 0 Å². The number of nitrogens with one attached hydrogen (secondary N) is 1. The average Bonchev–Trinajstić information content (AvgIpc) is 2.22. The number of nitrogen functional groups attached to an aromatic ring is 1. The number of aliphatic hydroxyl groups excluding tert-OH is 2. The zero-order valence-electron chi connectivity index (χ0n) is 8.50. The zero-order valence-corrected chi connectivity index (χ0v) is 9.25. The van der Waals surface area contributed by atoms with Crippen LogP contribution in [-0.2, 0) is 0 Å². The van der Waals surface area contributed by atoms with Crippen LogP contribution in [0.3, 0.4) is 0 Å². The number of halogens is 1. The molecule has 0 fully saturated rings. The molecule has 1 aromatic rings. The smallest absolute Gasteiger partial charge is 0.0806 e. The molecule has 0 saturated carbocycles. The third-order valence-electron chi connectivity index (χ3n) is 2.13. The van der Waals surface area contributed by atoms with E-state index in [0.717, 1.165) is 0 Å². The van der Waals surface area contributed by atoms with E-state index in [1.54, 1.807) is 25.1 Å². The molecular weight excluding hydrogens is 216 g/mol. The Morgan fingerprint density at radius 1 is 1.40 bits per heavy atom. The predicted molar refractivity (Wildman–Crippen MR) is 62.1 cm³/mol. The van der Waals surface area contributed by atoms with Gasteiger partial charge in [0, 0.05) is 5.69 Å². The van der Waals surface area contributed by atoms with Gasteiger partial charge in [0.25, 0.3) is 0 Å². The first-order valence-electron chi connectivity index (χ1n) is 4.56. The van der Waals surface area contributed by atoms with Crippen LogP contribution < -0.4 is 11.1 Å². The Hall–Kier alpha value is -0.970. The molecular formula is C10H15ClN2O2. The molecule has 0 aromatic heterocycles. The predicted octanol–water partition coefficient (Wildman–Crippen LogP) is 1.08. The van der Waals surface area contributed by atoms with Gasteiger partial charge in [-0.3, -0.25) is 0 Å². The number of rotatable bonds is 4. The van der Waals surface area contributed by atoms with Crippen molar-refractivity contribution in [2.75, 3.05) is 24.3 Å². The summed E-state index contributed by atoms with van der Waals surface area (Å²) in [7, 11) is 0. The van der Waals surface area contributed by atoms with E-state index < -0.39 is 5.54 Å². The van der Waals surface area contributed by atoms with Gasteiger partial charge in [-0.05, 0) is 25.1 Å². The third-order valence-corrected chi connectivity index (χ3v) is 2.44. The molecule has 0 aliphatic carbocycles. The van der Waals surface area contributed by atoms with E-state index in [9.17, 15) is 0 Å². The first-order valence-corrected chi connectivity index (χ1v) is 4.93. The fourth-order valence-electron chi connectivity index (χ4n) is 1.09. The molecule has 1 aromatic carbocycles. The molecule has 0 aliphatic heterocycles. The SMILES string of the molecule is CC(CO)(CO)Nc1ccc(N)cc1Cl. The first kappa shape index (κ1) is 12.1. The summed E-state index contributed by atoms with van der Waals surface area (Å²) in [5.74, 6) is 0. The largest absolute Gasteiger partial charge is 0.399 e. The van der Waals surface area contributed by atoms with Gasteiger partial charge in [-0.2, -0.15) is 0 Å². The lowest BCUT2D eigenvalue weighted by Crippen LogP contribution is -2.42. The number of nitrogens with two attached hydrogens (primary N) is 1. The maximum absolute atomic E-state index is 9.10. The molecule has 0 spiro atoms. The summed E-state index contributed by atoms with van der Waals surface area (Å²) < 4.78 is 0. The highest BCUT2D eigenvalue weighted by Crippen LogP contribution is 2.26. The second-order valence-corrected chi connectivity index (χ2v) is 4.15. The van der Waals surface area contributed by atoms with Crippen molar-refractivity contribution in [2.24, 2.45) is 0 Å². The van der Waals surface area contributed by atoms with Crippen molar-refractivity contribution >= 4 is 23.0 Å². The highest BCUT2D eigenvalue weighted by atomic mass is 35.5. The number of aliphatic hydroxyl groups is 2. The van der Waals surface area contributed by atoms with Gasteiger partial charge in [0.05, 0.1) is 29.5 Å². The highest BCUT2D eigenvalue weighted by molar-refractivity contribution is 6.33. The van der Waals surface area contributed by atoms with Crippen LogP contribution in [0.25, 0.3) is 0 Å². The molecule has 84 valence electrons. The molecule has 5 N–H and O–H groups in total. The highest BCUT2D eigenvalue weighted by Gasteiger charge is 2.22. The van der Waals surface area contributed by atoms with Crippen LogP contribution in [0.1, 0.15) is 6.92 Å². The lowest BCUT2D eigenvalue weighted by molar-refractivity contribution is 0.147. The van der Waals surface area contributed by atoms with E-state index >= 15 is 0 Å². The van der Waals surface area contributed by atoms with E-state index in [4.69, 9.17) is 27.5 Å². The van der Waals surface area contributed by atoms with Gasteiger partial charge in [0.2, 0.25) is 0 Å². The molecule has 0 aliphatic rings. The first-order chi connectivity index (χ1) is 7.00. The van der Waals surface area contributed by atoms with Crippen molar-refractivity contribution in [3.05, 3.63) is 23.2 Å².